The van der Waals surface area contributed by atoms with Gasteiger partial charge in [0.05, 0.1) is 16.5 Å². The second kappa shape index (κ2) is 14.1. The van der Waals surface area contributed by atoms with Crippen LogP contribution < -0.4 is 4.90 Å². The Morgan fingerprint density at radius 1 is 0.345 bits per heavy atom. The van der Waals surface area contributed by atoms with E-state index in [9.17, 15) is 5.48 Å². The number of hydrogen-bond donors (Lipinski definition) is 0. The molecule has 58 heavy (non-hydrogen) atoms. The third kappa shape index (κ3) is 5.82. The number of rotatable bonds is 7. The van der Waals surface area contributed by atoms with Crippen molar-refractivity contribution in [1.29, 1.82) is 0 Å². The molecule has 0 amide bonds. The van der Waals surface area contributed by atoms with E-state index in [0.29, 0.717) is 17.1 Å². The van der Waals surface area contributed by atoms with E-state index < -0.39 is 0 Å². The maximum absolute atomic E-state index is 9.63. The fourth-order valence-corrected chi connectivity index (χ4v) is 8.46. The Bertz CT molecular complexity index is 3480. The average Bonchev–Trinajstić information content (AvgIpc) is 3.65. The van der Waals surface area contributed by atoms with Gasteiger partial charge < -0.3 is 9.47 Å². The highest BCUT2D eigenvalue weighted by molar-refractivity contribution is 6.16. The minimum absolute atomic E-state index is 0.121. The van der Waals surface area contributed by atoms with Crippen molar-refractivity contribution >= 4 is 60.4 Å². The van der Waals surface area contributed by atoms with Crippen LogP contribution in [0.2, 0.25) is 0 Å². The highest BCUT2D eigenvalue weighted by Gasteiger charge is 2.18. The van der Waals surface area contributed by atoms with Crippen LogP contribution in [0.15, 0.2) is 230 Å². The molecule has 11 aromatic rings. The van der Waals surface area contributed by atoms with Gasteiger partial charge >= 0.3 is 0 Å². The molecule has 0 atom stereocenters. The fourth-order valence-electron chi connectivity index (χ4n) is 8.46. The van der Waals surface area contributed by atoms with E-state index in [1.807, 2.05) is 54.6 Å². The van der Waals surface area contributed by atoms with Crippen molar-refractivity contribution in [2.24, 2.45) is 0 Å². The summed E-state index contributed by atoms with van der Waals surface area (Å²) in [6, 6.07) is 69.7. The van der Waals surface area contributed by atoms with Gasteiger partial charge in [-0.3, -0.25) is 0 Å². The van der Waals surface area contributed by atoms with Crippen LogP contribution in [0.4, 0.5) is 17.1 Å². The molecule has 0 bridgehead atoms. The van der Waals surface area contributed by atoms with Crippen LogP contribution in [0.25, 0.3) is 82.4 Å². The van der Waals surface area contributed by atoms with E-state index in [2.05, 4.69) is 132 Å². The zero-order valence-corrected chi connectivity index (χ0v) is 31.5. The lowest BCUT2D eigenvalue weighted by atomic mass is 9.97. The molecule has 0 aliphatic heterocycles. The number of benzene rings is 10. The number of para-hydroxylation sites is 2. The lowest BCUT2D eigenvalue weighted by Crippen LogP contribution is -2.10. The van der Waals surface area contributed by atoms with Crippen LogP contribution in [0, 0.1) is 0 Å². The van der Waals surface area contributed by atoms with Crippen molar-refractivity contribution in [1.82, 2.24) is 4.57 Å². The van der Waals surface area contributed by atoms with Gasteiger partial charge in [-0.1, -0.05) is 164 Å². The van der Waals surface area contributed by atoms with Gasteiger partial charge in [0.2, 0.25) is 0 Å². The van der Waals surface area contributed by atoms with E-state index in [1.165, 1.54) is 10.8 Å². The van der Waals surface area contributed by atoms with E-state index in [0.717, 1.165) is 71.6 Å². The molecule has 0 saturated heterocycles. The van der Waals surface area contributed by atoms with Crippen LogP contribution in [-0.4, -0.2) is 4.57 Å². The summed E-state index contributed by atoms with van der Waals surface area (Å²) < 4.78 is 40.6. The molecular weight excluding hydrogens is 701 g/mol. The lowest BCUT2D eigenvalue weighted by Gasteiger charge is -2.26. The van der Waals surface area contributed by atoms with Crippen molar-refractivity contribution in [2.45, 2.75) is 0 Å². The van der Waals surface area contributed by atoms with Crippen molar-refractivity contribution in [2.75, 3.05) is 4.90 Å². The molecule has 0 fully saturated rings. The Balaban J connectivity index is 1.09. The van der Waals surface area contributed by atoms with Crippen LogP contribution in [0.1, 0.15) is 5.48 Å². The monoisotopic (exact) mass is 742 g/mol. The Hall–Kier alpha value is -7.68. The fraction of sp³-hybridized carbons (Fsp3) is 0. The molecule has 0 aliphatic carbocycles. The minimum Gasteiger partial charge on any atom is -0.310 e. The predicted octanol–water partition coefficient (Wildman–Crippen LogP) is 15.6. The molecule has 2 heteroatoms. The SMILES string of the molecule is [2H]c1cc(-c2ccccc2)cc([2H])c1N(c1cccc(-c2cccc3c2c2ccccc2n3-c2ccccc2)c1)c1c([2H])cc(-c2ccc3c(ccc4ccccc43)c2)cc1[2H]. The normalized spacial score (nSPS) is 12.4. The molecule has 2 nitrogen and oxygen atoms in total. The highest BCUT2D eigenvalue weighted by atomic mass is 15.1. The number of anilines is 3. The average molecular weight is 743 g/mol. The maximum Gasteiger partial charge on any atom is 0.0645 e. The van der Waals surface area contributed by atoms with Gasteiger partial charge in [0.25, 0.3) is 0 Å². The summed E-state index contributed by atoms with van der Waals surface area (Å²) in [6.45, 7) is 0. The van der Waals surface area contributed by atoms with Crippen molar-refractivity contribution < 1.29 is 5.48 Å². The number of hydrogen-bond acceptors (Lipinski definition) is 1. The van der Waals surface area contributed by atoms with Crippen molar-refractivity contribution in [3.05, 3.63) is 230 Å². The highest BCUT2D eigenvalue weighted by Crippen LogP contribution is 2.42. The van der Waals surface area contributed by atoms with Gasteiger partial charge in [0.1, 0.15) is 0 Å². The van der Waals surface area contributed by atoms with Gasteiger partial charge in [-0.05, 0) is 122 Å². The molecule has 0 aliphatic rings. The van der Waals surface area contributed by atoms with Crippen molar-refractivity contribution in [3.63, 3.8) is 0 Å². The molecule has 1 aromatic heterocycles. The molecule has 0 saturated carbocycles. The summed E-state index contributed by atoms with van der Waals surface area (Å²) in [6.07, 6.45) is 0. The van der Waals surface area contributed by atoms with E-state index in [1.54, 1.807) is 29.2 Å². The van der Waals surface area contributed by atoms with E-state index >= 15 is 0 Å². The summed E-state index contributed by atoms with van der Waals surface area (Å²) in [5.74, 6) is 0. The minimum atomic E-state index is 0.121. The van der Waals surface area contributed by atoms with Crippen molar-refractivity contribution in [3.8, 4) is 39.1 Å². The smallest absolute Gasteiger partial charge is 0.0645 e. The standard InChI is InChI=1S/C56H38N2/c1-3-13-39(14-4-1)40-27-32-47(33-28-40)57(48-34-29-41(30-35-48)43-31-36-51-45(37-43)26-25-42-15-7-8-20-50(42)51)49-19-11-16-44(38-49)52-22-12-24-55-56(52)53-21-9-10-23-54(53)58(55)46-17-5-2-6-18-46/h1-38H/i32D,33D,34D,35D. The predicted molar refractivity (Wildman–Crippen MR) is 247 cm³/mol. The summed E-state index contributed by atoms with van der Waals surface area (Å²) >= 11 is 0. The lowest BCUT2D eigenvalue weighted by molar-refractivity contribution is 1.18. The van der Waals surface area contributed by atoms with Crippen LogP contribution in [-0.2, 0) is 0 Å². The number of aromatic nitrogens is 1. The van der Waals surface area contributed by atoms with E-state index in [-0.39, 0.29) is 24.2 Å². The number of nitrogens with zero attached hydrogens (tertiary/aromatic N) is 2. The number of fused-ring (bicyclic) bond motifs is 6. The molecule has 1 heterocycles. The quantitative estimate of drug-likeness (QED) is 0.148. The zero-order valence-electron chi connectivity index (χ0n) is 35.5. The third-order valence-electron chi connectivity index (χ3n) is 11.2. The third-order valence-corrected chi connectivity index (χ3v) is 11.2. The zero-order chi connectivity index (χ0) is 41.9. The first kappa shape index (κ1) is 29.6. The molecular formula is C56H38N2. The summed E-state index contributed by atoms with van der Waals surface area (Å²) in [4.78, 5) is 1.78. The first-order valence-corrected chi connectivity index (χ1v) is 19.6. The molecule has 0 spiro atoms. The Morgan fingerprint density at radius 3 is 1.69 bits per heavy atom. The summed E-state index contributed by atoms with van der Waals surface area (Å²) in [5.41, 5.74) is 9.80. The molecule has 0 radical (unpaired) electrons. The Morgan fingerprint density at radius 2 is 0.914 bits per heavy atom. The maximum atomic E-state index is 9.63. The topological polar surface area (TPSA) is 8.17 Å². The van der Waals surface area contributed by atoms with Gasteiger partial charge in [0, 0.05) is 33.5 Å². The molecule has 0 N–H and O–H groups in total. The molecule has 11 rings (SSSR count). The Kier molecular flexibility index (Phi) is 7.20. The second-order valence-electron chi connectivity index (χ2n) is 14.6. The van der Waals surface area contributed by atoms with Gasteiger partial charge in [-0.2, -0.15) is 0 Å². The van der Waals surface area contributed by atoms with Gasteiger partial charge in [-0.25, -0.2) is 0 Å². The Labute approximate surface area is 343 Å². The van der Waals surface area contributed by atoms with Crippen LogP contribution >= 0.6 is 0 Å². The molecule has 272 valence electrons. The first-order valence-electron chi connectivity index (χ1n) is 21.6. The summed E-state index contributed by atoms with van der Waals surface area (Å²) in [7, 11) is 0. The van der Waals surface area contributed by atoms with Crippen LogP contribution in [0.3, 0.4) is 0 Å². The molecule has 10 aromatic carbocycles. The van der Waals surface area contributed by atoms with Crippen LogP contribution in [0.5, 0.6) is 0 Å². The summed E-state index contributed by atoms with van der Waals surface area (Å²) in [5, 5.41) is 6.83. The van der Waals surface area contributed by atoms with E-state index in [4.69, 9.17) is 0 Å². The second-order valence-corrected chi connectivity index (χ2v) is 14.6. The first-order chi connectivity index (χ1) is 30.4. The molecule has 0 unspecified atom stereocenters. The van der Waals surface area contributed by atoms with Gasteiger partial charge in [0.15, 0.2) is 0 Å². The van der Waals surface area contributed by atoms with Gasteiger partial charge in [-0.15, -0.1) is 0 Å². The largest absolute Gasteiger partial charge is 0.310 e.